The highest BCUT2D eigenvalue weighted by Crippen LogP contribution is 2.25. The molecule has 2 fully saturated rings. The van der Waals surface area contributed by atoms with Gasteiger partial charge < -0.3 is 19.7 Å². The van der Waals surface area contributed by atoms with Gasteiger partial charge >= 0.3 is 5.97 Å². The second-order valence-electron chi connectivity index (χ2n) is 7.82. The van der Waals surface area contributed by atoms with E-state index in [0.717, 1.165) is 18.6 Å². The number of nitrogens with one attached hydrogen (secondary N) is 1. The largest absolute Gasteiger partial charge is 0.464 e. The highest BCUT2D eigenvalue weighted by atomic mass is 32.2. The van der Waals surface area contributed by atoms with E-state index in [-0.39, 0.29) is 12.5 Å². The van der Waals surface area contributed by atoms with Gasteiger partial charge in [-0.05, 0) is 31.2 Å². The zero-order valence-electron chi connectivity index (χ0n) is 17.5. The van der Waals surface area contributed by atoms with Crippen LogP contribution in [0, 0.1) is 5.92 Å². The van der Waals surface area contributed by atoms with E-state index >= 15 is 0 Å². The van der Waals surface area contributed by atoms with Crippen LogP contribution in [-0.4, -0.2) is 66.4 Å². The van der Waals surface area contributed by atoms with Crippen LogP contribution in [0.5, 0.6) is 0 Å². The molecule has 2 aliphatic rings. The lowest BCUT2D eigenvalue weighted by molar-refractivity contribution is -0.144. The fourth-order valence-corrected chi connectivity index (χ4v) is 4.63. The predicted octanol–water partition coefficient (Wildman–Crippen LogP) is 1.99. The van der Waals surface area contributed by atoms with E-state index in [1.54, 1.807) is 18.7 Å². The predicted molar refractivity (Wildman–Crippen MR) is 115 cm³/mol. The van der Waals surface area contributed by atoms with Gasteiger partial charge in [0.2, 0.25) is 5.91 Å². The normalized spacial score (nSPS) is 24.1. The molecule has 0 aliphatic carbocycles. The van der Waals surface area contributed by atoms with Crippen LogP contribution in [-0.2, 0) is 29.6 Å². The highest BCUT2D eigenvalue weighted by molar-refractivity contribution is 7.98. The second-order valence-corrected chi connectivity index (χ2v) is 8.85. The number of rotatable bonds is 9. The number of hydrogen-bond donors (Lipinski definition) is 1. The average molecular weight is 435 g/mol. The van der Waals surface area contributed by atoms with E-state index in [1.165, 1.54) is 5.56 Å². The van der Waals surface area contributed by atoms with Crippen molar-refractivity contribution in [1.82, 2.24) is 10.2 Å². The lowest BCUT2D eigenvalue weighted by atomic mass is 10.00. The Morgan fingerprint density at radius 3 is 2.73 bits per heavy atom. The average Bonchev–Trinajstić information content (AvgIpc) is 3.55. The van der Waals surface area contributed by atoms with E-state index in [2.05, 4.69) is 12.2 Å². The molecule has 2 amide bonds. The van der Waals surface area contributed by atoms with Crippen molar-refractivity contribution in [1.29, 1.82) is 0 Å². The molecule has 0 saturated carbocycles. The lowest BCUT2D eigenvalue weighted by Crippen LogP contribution is -2.53. The number of esters is 1. The van der Waals surface area contributed by atoms with E-state index in [9.17, 15) is 14.4 Å². The number of carbonyl (C=O) groups is 3. The van der Waals surface area contributed by atoms with Crippen LogP contribution in [0.15, 0.2) is 30.3 Å². The van der Waals surface area contributed by atoms with Crippen molar-refractivity contribution in [3.63, 3.8) is 0 Å². The Morgan fingerprint density at radius 2 is 2.03 bits per heavy atom. The molecule has 1 N–H and O–H groups in total. The van der Waals surface area contributed by atoms with Gasteiger partial charge in [0.05, 0.1) is 6.61 Å². The molecular formula is C22H30N2O5S. The van der Waals surface area contributed by atoms with Crippen molar-refractivity contribution in [3.8, 4) is 0 Å². The molecule has 4 atom stereocenters. The SMILES string of the molecule is CCOC(=O)[C@H]1O[C@@H]1C(=O)N[C@@H](CSCc1ccccc1)C(=O)N1CCCC(C)C1. The fraction of sp³-hybridized carbons (Fsp3) is 0.591. The molecule has 1 aromatic rings. The Hall–Kier alpha value is -2.06. The number of amides is 2. The zero-order chi connectivity index (χ0) is 21.5. The minimum absolute atomic E-state index is 0.0659. The van der Waals surface area contributed by atoms with Gasteiger partial charge in [-0.25, -0.2) is 4.79 Å². The van der Waals surface area contributed by atoms with Gasteiger partial charge in [-0.2, -0.15) is 11.8 Å². The summed E-state index contributed by atoms with van der Waals surface area (Å²) in [5.41, 5.74) is 1.17. The Labute approximate surface area is 181 Å². The van der Waals surface area contributed by atoms with Crippen LogP contribution in [0.4, 0.5) is 0 Å². The number of nitrogens with zero attached hydrogens (tertiary/aromatic N) is 1. The Kier molecular flexibility index (Phi) is 8.16. The number of likely N-dealkylation sites (tertiary alicyclic amines) is 1. The fourth-order valence-electron chi connectivity index (χ4n) is 3.62. The quantitative estimate of drug-likeness (QED) is 0.472. The summed E-state index contributed by atoms with van der Waals surface area (Å²) in [5, 5.41) is 2.82. The first kappa shape index (κ1) is 22.6. The summed E-state index contributed by atoms with van der Waals surface area (Å²) < 4.78 is 10.1. The Morgan fingerprint density at radius 1 is 1.27 bits per heavy atom. The van der Waals surface area contributed by atoms with E-state index in [1.807, 2.05) is 35.2 Å². The van der Waals surface area contributed by atoms with Crippen molar-refractivity contribution in [3.05, 3.63) is 35.9 Å². The molecule has 0 aromatic heterocycles. The molecule has 8 heteroatoms. The molecule has 0 bridgehead atoms. The monoisotopic (exact) mass is 434 g/mol. The molecule has 2 saturated heterocycles. The molecular weight excluding hydrogens is 404 g/mol. The standard InChI is InChI=1S/C22H30N2O5S/c1-3-28-22(27)19-18(29-19)20(25)23-17(14-30-13-16-9-5-4-6-10-16)21(26)24-11-7-8-15(2)12-24/h4-6,9-10,15,17-19H,3,7-8,11-14H2,1-2H3,(H,23,25)/t15?,17-,18-,19-/m0/s1. The van der Waals surface area contributed by atoms with E-state index < -0.39 is 30.1 Å². The third-order valence-corrected chi connectivity index (χ3v) is 6.35. The molecule has 2 aliphatic heterocycles. The first-order valence-electron chi connectivity index (χ1n) is 10.5. The lowest BCUT2D eigenvalue weighted by Gasteiger charge is -2.33. The van der Waals surface area contributed by atoms with Gasteiger partial charge in [-0.1, -0.05) is 37.3 Å². The number of piperidine rings is 1. The number of thioether (sulfide) groups is 1. The van der Waals surface area contributed by atoms with E-state index in [4.69, 9.17) is 9.47 Å². The minimum Gasteiger partial charge on any atom is -0.464 e. The molecule has 3 rings (SSSR count). The molecule has 1 unspecified atom stereocenters. The van der Waals surface area contributed by atoms with Gasteiger partial charge in [0, 0.05) is 24.6 Å². The maximum Gasteiger partial charge on any atom is 0.338 e. The maximum absolute atomic E-state index is 13.1. The van der Waals surface area contributed by atoms with Gasteiger partial charge in [-0.15, -0.1) is 0 Å². The van der Waals surface area contributed by atoms with Crippen molar-refractivity contribution in [2.45, 2.75) is 50.7 Å². The van der Waals surface area contributed by atoms with Crippen molar-refractivity contribution < 1.29 is 23.9 Å². The third kappa shape index (κ3) is 6.22. The van der Waals surface area contributed by atoms with Gasteiger partial charge in [0.25, 0.3) is 5.91 Å². The van der Waals surface area contributed by atoms with Gasteiger partial charge in [0.1, 0.15) is 6.04 Å². The summed E-state index contributed by atoms with van der Waals surface area (Å²) in [4.78, 5) is 39.3. The van der Waals surface area contributed by atoms with Crippen molar-refractivity contribution >= 4 is 29.5 Å². The molecule has 30 heavy (non-hydrogen) atoms. The second kappa shape index (κ2) is 10.8. The summed E-state index contributed by atoms with van der Waals surface area (Å²) in [6.45, 7) is 5.49. The van der Waals surface area contributed by atoms with Crippen LogP contribution < -0.4 is 5.32 Å². The number of benzene rings is 1. The summed E-state index contributed by atoms with van der Waals surface area (Å²) in [5.74, 6) is 0.629. The first-order valence-corrected chi connectivity index (χ1v) is 11.7. The molecule has 0 radical (unpaired) electrons. The summed E-state index contributed by atoms with van der Waals surface area (Å²) >= 11 is 1.60. The first-order chi connectivity index (χ1) is 14.5. The molecule has 2 heterocycles. The number of hydrogen-bond acceptors (Lipinski definition) is 6. The van der Waals surface area contributed by atoms with Crippen LogP contribution in [0.25, 0.3) is 0 Å². The topological polar surface area (TPSA) is 88.2 Å². The van der Waals surface area contributed by atoms with Gasteiger partial charge in [0.15, 0.2) is 12.2 Å². The third-order valence-electron chi connectivity index (χ3n) is 5.25. The zero-order valence-corrected chi connectivity index (χ0v) is 18.4. The smallest absolute Gasteiger partial charge is 0.338 e. The van der Waals surface area contributed by atoms with E-state index in [0.29, 0.717) is 24.8 Å². The van der Waals surface area contributed by atoms with Crippen LogP contribution in [0.2, 0.25) is 0 Å². The number of carbonyl (C=O) groups excluding carboxylic acids is 3. The van der Waals surface area contributed by atoms with Crippen molar-refractivity contribution in [2.24, 2.45) is 5.92 Å². The molecule has 164 valence electrons. The van der Waals surface area contributed by atoms with Crippen LogP contribution in [0.3, 0.4) is 0 Å². The summed E-state index contributed by atoms with van der Waals surface area (Å²) in [7, 11) is 0. The Bertz CT molecular complexity index is 744. The maximum atomic E-state index is 13.1. The molecule has 1 aromatic carbocycles. The summed E-state index contributed by atoms with van der Waals surface area (Å²) in [6, 6.07) is 9.36. The van der Waals surface area contributed by atoms with Crippen LogP contribution >= 0.6 is 11.8 Å². The van der Waals surface area contributed by atoms with Crippen LogP contribution in [0.1, 0.15) is 32.3 Å². The Balaban J connectivity index is 1.59. The summed E-state index contributed by atoms with van der Waals surface area (Å²) in [6.07, 6.45) is 0.341. The highest BCUT2D eigenvalue weighted by Gasteiger charge is 2.52. The van der Waals surface area contributed by atoms with Gasteiger partial charge in [-0.3, -0.25) is 9.59 Å². The number of ether oxygens (including phenoxy) is 2. The molecule has 0 spiro atoms. The molecule has 7 nitrogen and oxygen atoms in total. The van der Waals surface area contributed by atoms with Crippen molar-refractivity contribution in [2.75, 3.05) is 25.4 Å². The minimum atomic E-state index is -0.876. The number of epoxide rings is 1.